The van der Waals surface area contributed by atoms with Crippen LogP contribution in [0.3, 0.4) is 0 Å². The lowest BCUT2D eigenvalue weighted by molar-refractivity contribution is 0.310. The SMILES string of the molecule is CN1CCN(c2c(F)cc(/C=N/NC(N)=S)cc2F)CC1. The van der Waals surface area contributed by atoms with Gasteiger partial charge in [-0.1, -0.05) is 0 Å². The Kier molecular flexibility index (Phi) is 5.03. The van der Waals surface area contributed by atoms with Gasteiger partial charge in [0.05, 0.1) is 6.21 Å². The van der Waals surface area contributed by atoms with Crippen molar-refractivity contribution in [3.8, 4) is 0 Å². The molecule has 114 valence electrons. The number of likely N-dealkylation sites (N-methyl/N-ethyl adjacent to an activating group) is 1. The van der Waals surface area contributed by atoms with Crippen LogP contribution in [-0.2, 0) is 0 Å². The van der Waals surface area contributed by atoms with Gasteiger partial charge in [0.25, 0.3) is 0 Å². The highest BCUT2D eigenvalue weighted by Crippen LogP contribution is 2.25. The summed E-state index contributed by atoms with van der Waals surface area (Å²) in [7, 11) is 1.98. The van der Waals surface area contributed by atoms with Crippen molar-refractivity contribution in [3.05, 3.63) is 29.3 Å². The molecule has 2 rings (SSSR count). The van der Waals surface area contributed by atoms with E-state index in [4.69, 9.17) is 5.73 Å². The second-order valence-electron chi connectivity index (χ2n) is 4.86. The average molecular weight is 313 g/mol. The number of nitrogens with two attached hydrogens (primary N) is 1. The Balaban J connectivity index is 2.17. The van der Waals surface area contributed by atoms with Crippen molar-refractivity contribution in [2.75, 3.05) is 38.1 Å². The van der Waals surface area contributed by atoms with Crippen molar-refractivity contribution in [2.24, 2.45) is 10.8 Å². The highest BCUT2D eigenvalue weighted by molar-refractivity contribution is 7.80. The van der Waals surface area contributed by atoms with Gasteiger partial charge in [0.15, 0.2) is 5.11 Å². The first kappa shape index (κ1) is 15.6. The van der Waals surface area contributed by atoms with Crippen LogP contribution in [0.1, 0.15) is 5.56 Å². The molecule has 1 aliphatic rings. The summed E-state index contributed by atoms with van der Waals surface area (Å²) in [6.07, 6.45) is 1.26. The van der Waals surface area contributed by atoms with Gasteiger partial charge in [0, 0.05) is 31.7 Å². The molecule has 3 N–H and O–H groups in total. The van der Waals surface area contributed by atoms with E-state index < -0.39 is 11.6 Å². The van der Waals surface area contributed by atoms with E-state index in [-0.39, 0.29) is 10.8 Å². The number of anilines is 1. The van der Waals surface area contributed by atoms with Crippen molar-refractivity contribution < 1.29 is 8.78 Å². The Morgan fingerprint density at radius 2 is 1.86 bits per heavy atom. The van der Waals surface area contributed by atoms with E-state index in [0.29, 0.717) is 18.7 Å². The van der Waals surface area contributed by atoms with Crippen molar-refractivity contribution in [1.29, 1.82) is 0 Å². The van der Waals surface area contributed by atoms with E-state index in [1.54, 1.807) is 4.90 Å². The molecule has 0 radical (unpaired) electrons. The van der Waals surface area contributed by atoms with Crippen LogP contribution in [0.5, 0.6) is 0 Å². The summed E-state index contributed by atoms with van der Waals surface area (Å²) < 4.78 is 28.3. The van der Waals surface area contributed by atoms with Crippen LogP contribution in [0.4, 0.5) is 14.5 Å². The third kappa shape index (κ3) is 4.08. The first-order chi connectivity index (χ1) is 9.97. The van der Waals surface area contributed by atoms with E-state index >= 15 is 0 Å². The summed E-state index contributed by atoms with van der Waals surface area (Å²) >= 11 is 4.57. The number of hydrazone groups is 1. The highest BCUT2D eigenvalue weighted by Gasteiger charge is 2.21. The van der Waals surface area contributed by atoms with Crippen molar-refractivity contribution >= 4 is 29.2 Å². The zero-order valence-electron chi connectivity index (χ0n) is 11.6. The third-order valence-electron chi connectivity index (χ3n) is 3.25. The molecule has 0 aliphatic carbocycles. The van der Waals surface area contributed by atoms with Gasteiger partial charge in [-0.15, -0.1) is 0 Å². The van der Waals surface area contributed by atoms with Gasteiger partial charge < -0.3 is 15.5 Å². The zero-order chi connectivity index (χ0) is 15.4. The second kappa shape index (κ2) is 6.77. The largest absolute Gasteiger partial charge is 0.375 e. The first-order valence-corrected chi connectivity index (χ1v) is 6.89. The molecule has 1 fully saturated rings. The summed E-state index contributed by atoms with van der Waals surface area (Å²) in [6.45, 7) is 2.75. The molecule has 5 nitrogen and oxygen atoms in total. The van der Waals surface area contributed by atoms with Crippen molar-refractivity contribution in [3.63, 3.8) is 0 Å². The normalized spacial score (nSPS) is 16.4. The van der Waals surface area contributed by atoms with Gasteiger partial charge in [0.2, 0.25) is 0 Å². The first-order valence-electron chi connectivity index (χ1n) is 6.48. The average Bonchev–Trinajstić information content (AvgIpc) is 2.40. The maximum absolute atomic E-state index is 14.2. The number of hydrogen-bond acceptors (Lipinski definition) is 4. The molecule has 0 aromatic heterocycles. The number of nitrogens with one attached hydrogen (secondary N) is 1. The summed E-state index contributed by atoms with van der Waals surface area (Å²) in [5.41, 5.74) is 7.84. The van der Waals surface area contributed by atoms with Crippen LogP contribution < -0.4 is 16.1 Å². The third-order valence-corrected chi connectivity index (χ3v) is 3.34. The van der Waals surface area contributed by atoms with Gasteiger partial charge in [-0.05, 0) is 31.4 Å². The summed E-state index contributed by atoms with van der Waals surface area (Å²) in [6, 6.07) is 2.48. The monoisotopic (exact) mass is 313 g/mol. The van der Waals surface area contributed by atoms with Crippen LogP contribution in [0.15, 0.2) is 17.2 Å². The predicted octanol–water partition coefficient (Wildman–Crippen LogP) is 0.884. The zero-order valence-corrected chi connectivity index (χ0v) is 12.5. The van der Waals surface area contributed by atoms with E-state index in [1.165, 1.54) is 18.3 Å². The summed E-state index contributed by atoms with van der Waals surface area (Å²) in [5.74, 6) is -1.20. The highest BCUT2D eigenvalue weighted by atomic mass is 32.1. The van der Waals surface area contributed by atoms with Crippen LogP contribution in [0.25, 0.3) is 0 Å². The van der Waals surface area contributed by atoms with Crippen molar-refractivity contribution in [1.82, 2.24) is 10.3 Å². The molecule has 8 heteroatoms. The van der Waals surface area contributed by atoms with Crippen LogP contribution in [-0.4, -0.2) is 49.5 Å². The van der Waals surface area contributed by atoms with Gasteiger partial charge >= 0.3 is 0 Å². The fourth-order valence-corrected chi connectivity index (χ4v) is 2.21. The van der Waals surface area contributed by atoms with Crippen LogP contribution >= 0.6 is 12.2 Å². The van der Waals surface area contributed by atoms with Gasteiger partial charge in [-0.2, -0.15) is 5.10 Å². The van der Waals surface area contributed by atoms with Gasteiger partial charge in [0.1, 0.15) is 17.3 Å². The number of thiocarbonyl (C=S) groups is 1. The number of hydrogen-bond donors (Lipinski definition) is 2. The molecule has 0 atom stereocenters. The molecule has 1 aromatic carbocycles. The van der Waals surface area contributed by atoms with Gasteiger partial charge in [-0.3, -0.25) is 5.43 Å². The lowest BCUT2D eigenvalue weighted by atomic mass is 10.1. The summed E-state index contributed by atoms with van der Waals surface area (Å²) in [5, 5.41) is 3.67. The fraction of sp³-hybridized carbons (Fsp3) is 0.385. The minimum atomic E-state index is -0.601. The van der Waals surface area contributed by atoms with E-state index in [2.05, 4.69) is 27.6 Å². The molecule has 1 aromatic rings. The number of piperazine rings is 1. The fourth-order valence-electron chi connectivity index (χ4n) is 2.16. The number of benzene rings is 1. The minimum Gasteiger partial charge on any atom is -0.375 e. The molecule has 0 saturated carbocycles. The van der Waals surface area contributed by atoms with Gasteiger partial charge in [-0.25, -0.2) is 8.78 Å². The molecule has 0 spiro atoms. The molecule has 1 aliphatic heterocycles. The molecule has 21 heavy (non-hydrogen) atoms. The lowest BCUT2D eigenvalue weighted by Gasteiger charge is -2.34. The smallest absolute Gasteiger partial charge is 0.184 e. The van der Waals surface area contributed by atoms with Crippen LogP contribution in [0, 0.1) is 11.6 Å². The van der Waals surface area contributed by atoms with E-state index in [0.717, 1.165) is 13.1 Å². The van der Waals surface area contributed by atoms with E-state index in [9.17, 15) is 8.78 Å². The Bertz CT molecular complexity index is 532. The second-order valence-corrected chi connectivity index (χ2v) is 5.30. The quantitative estimate of drug-likeness (QED) is 0.493. The number of rotatable bonds is 3. The molecule has 0 unspecified atom stereocenters. The molecule has 0 amide bonds. The van der Waals surface area contributed by atoms with Crippen molar-refractivity contribution in [2.45, 2.75) is 0 Å². The Hall–Kier alpha value is -1.80. The standard InChI is InChI=1S/C13H17F2N5S/c1-19-2-4-20(5-3-19)12-10(14)6-9(7-11(12)15)8-17-18-13(16)21/h6-8H,2-5H2,1H3,(H3,16,18,21)/b17-8+. The molecule has 0 bridgehead atoms. The van der Waals surface area contributed by atoms with E-state index in [1.807, 2.05) is 7.05 Å². The number of halogens is 2. The Morgan fingerprint density at radius 3 is 2.38 bits per heavy atom. The topological polar surface area (TPSA) is 56.9 Å². The van der Waals surface area contributed by atoms with Crippen LogP contribution in [0.2, 0.25) is 0 Å². The Labute approximate surface area is 127 Å². The number of nitrogens with zero attached hydrogens (tertiary/aromatic N) is 3. The molecule has 1 heterocycles. The lowest BCUT2D eigenvalue weighted by Crippen LogP contribution is -2.45. The maximum Gasteiger partial charge on any atom is 0.184 e. The predicted molar refractivity (Wildman–Crippen MR) is 83.6 cm³/mol. The molecular weight excluding hydrogens is 296 g/mol. The summed E-state index contributed by atoms with van der Waals surface area (Å²) in [4.78, 5) is 3.84. The Morgan fingerprint density at radius 1 is 1.29 bits per heavy atom. The molecule has 1 saturated heterocycles. The molecular formula is C13H17F2N5S. The minimum absolute atomic E-state index is 0.0127. The maximum atomic E-state index is 14.2.